The standard InChI is InChI=1S/C16H33N3/c1-5-14-6-7-16(17-3)15(10-14)12-19-9-8-18(4)13(2)11-19/h13-17H,5-12H2,1-4H3. The summed E-state index contributed by atoms with van der Waals surface area (Å²) in [6, 6.07) is 1.46. The lowest BCUT2D eigenvalue weighted by atomic mass is 9.76. The highest BCUT2D eigenvalue weighted by Gasteiger charge is 2.31. The van der Waals surface area contributed by atoms with E-state index >= 15 is 0 Å². The molecule has 0 aromatic rings. The molecule has 0 bridgehead atoms. The molecule has 3 nitrogen and oxygen atoms in total. The van der Waals surface area contributed by atoms with Crippen molar-refractivity contribution in [1.82, 2.24) is 15.1 Å². The zero-order chi connectivity index (χ0) is 13.8. The minimum atomic E-state index is 0.715. The Morgan fingerprint density at radius 1 is 1.21 bits per heavy atom. The fraction of sp³-hybridized carbons (Fsp3) is 1.00. The molecular formula is C16H33N3. The minimum Gasteiger partial charge on any atom is -0.317 e. The molecule has 0 aromatic heterocycles. The molecule has 4 atom stereocenters. The molecule has 0 amide bonds. The second-order valence-corrected chi connectivity index (χ2v) is 6.83. The molecule has 2 fully saturated rings. The largest absolute Gasteiger partial charge is 0.317 e. The summed E-state index contributed by atoms with van der Waals surface area (Å²) in [5.74, 6) is 1.83. The van der Waals surface area contributed by atoms with Crippen LogP contribution in [0.4, 0.5) is 0 Å². The van der Waals surface area contributed by atoms with Crippen LogP contribution in [-0.2, 0) is 0 Å². The Labute approximate surface area is 119 Å². The fourth-order valence-corrected chi connectivity index (χ4v) is 3.94. The second kappa shape index (κ2) is 7.05. The molecule has 2 aliphatic rings. The van der Waals surface area contributed by atoms with E-state index in [0.717, 1.165) is 17.9 Å². The van der Waals surface area contributed by atoms with Gasteiger partial charge >= 0.3 is 0 Å². The molecule has 1 saturated heterocycles. The Hall–Kier alpha value is -0.120. The highest BCUT2D eigenvalue weighted by atomic mass is 15.3. The monoisotopic (exact) mass is 267 g/mol. The molecular weight excluding hydrogens is 234 g/mol. The third-order valence-electron chi connectivity index (χ3n) is 5.58. The Morgan fingerprint density at radius 3 is 2.63 bits per heavy atom. The summed E-state index contributed by atoms with van der Waals surface area (Å²) in [5, 5.41) is 3.57. The molecule has 1 N–H and O–H groups in total. The van der Waals surface area contributed by atoms with Crippen molar-refractivity contribution in [3.63, 3.8) is 0 Å². The predicted octanol–water partition coefficient (Wildman–Crippen LogP) is 2.04. The average Bonchev–Trinajstić information content (AvgIpc) is 2.43. The van der Waals surface area contributed by atoms with E-state index in [1.807, 2.05) is 0 Å². The third kappa shape index (κ3) is 3.93. The lowest BCUT2D eigenvalue weighted by Crippen LogP contribution is -2.53. The van der Waals surface area contributed by atoms with Gasteiger partial charge in [0.2, 0.25) is 0 Å². The Kier molecular flexibility index (Phi) is 5.67. The first-order chi connectivity index (χ1) is 9.13. The molecule has 0 aromatic carbocycles. The highest BCUT2D eigenvalue weighted by molar-refractivity contribution is 4.87. The van der Waals surface area contributed by atoms with Gasteiger partial charge in [0, 0.05) is 38.3 Å². The molecule has 1 aliphatic carbocycles. The summed E-state index contributed by atoms with van der Waals surface area (Å²) in [6.07, 6.45) is 5.61. The molecule has 1 aliphatic heterocycles. The van der Waals surface area contributed by atoms with Crippen molar-refractivity contribution in [1.29, 1.82) is 0 Å². The van der Waals surface area contributed by atoms with E-state index in [4.69, 9.17) is 0 Å². The first kappa shape index (κ1) is 15.3. The quantitative estimate of drug-likeness (QED) is 0.841. The van der Waals surface area contributed by atoms with Crippen LogP contribution in [0.5, 0.6) is 0 Å². The molecule has 2 rings (SSSR count). The van der Waals surface area contributed by atoms with Crippen LogP contribution in [0, 0.1) is 11.8 Å². The number of likely N-dealkylation sites (N-methyl/N-ethyl adjacent to an activating group) is 1. The summed E-state index contributed by atoms with van der Waals surface area (Å²) in [6.45, 7) is 9.76. The van der Waals surface area contributed by atoms with Gasteiger partial charge in [-0.2, -0.15) is 0 Å². The Bertz CT molecular complexity index is 269. The van der Waals surface area contributed by atoms with Gasteiger partial charge in [0.1, 0.15) is 0 Å². The van der Waals surface area contributed by atoms with Gasteiger partial charge < -0.3 is 15.1 Å². The SMILES string of the molecule is CCC1CCC(NC)C(CN2CCN(C)C(C)C2)C1. The van der Waals surface area contributed by atoms with E-state index in [0.29, 0.717) is 6.04 Å². The van der Waals surface area contributed by atoms with Crippen molar-refractivity contribution in [2.24, 2.45) is 11.8 Å². The highest BCUT2D eigenvalue weighted by Crippen LogP contribution is 2.32. The number of rotatable bonds is 4. The number of piperazine rings is 1. The first-order valence-electron chi connectivity index (χ1n) is 8.23. The molecule has 112 valence electrons. The Balaban J connectivity index is 1.88. The van der Waals surface area contributed by atoms with Crippen molar-refractivity contribution in [2.45, 2.75) is 51.6 Å². The van der Waals surface area contributed by atoms with Crippen molar-refractivity contribution in [3.05, 3.63) is 0 Å². The summed E-state index contributed by atoms with van der Waals surface area (Å²) >= 11 is 0. The lowest BCUT2D eigenvalue weighted by molar-refractivity contribution is 0.0710. The maximum atomic E-state index is 3.57. The van der Waals surface area contributed by atoms with Gasteiger partial charge in [0.25, 0.3) is 0 Å². The molecule has 0 radical (unpaired) electrons. The number of hydrogen-bond acceptors (Lipinski definition) is 3. The van der Waals surface area contributed by atoms with Gasteiger partial charge in [0.15, 0.2) is 0 Å². The molecule has 1 heterocycles. The van der Waals surface area contributed by atoms with Crippen LogP contribution in [-0.4, -0.2) is 62.2 Å². The van der Waals surface area contributed by atoms with E-state index in [9.17, 15) is 0 Å². The van der Waals surface area contributed by atoms with Gasteiger partial charge in [-0.15, -0.1) is 0 Å². The molecule has 0 spiro atoms. The van der Waals surface area contributed by atoms with Gasteiger partial charge in [-0.25, -0.2) is 0 Å². The second-order valence-electron chi connectivity index (χ2n) is 6.83. The minimum absolute atomic E-state index is 0.715. The van der Waals surface area contributed by atoms with Crippen molar-refractivity contribution in [2.75, 3.05) is 40.3 Å². The van der Waals surface area contributed by atoms with Crippen molar-refractivity contribution in [3.8, 4) is 0 Å². The van der Waals surface area contributed by atoms with Gasteiger partial charge in [-0.3, -0.25) is 0 Å². The molecule has 1 saturated carbocycles. The smallest absolute Gasteiger partial charge is 0.0192 e. The lowest BCUT2D eigenvalue weighted by Gasteiger charge is -2.43. The van der Waals surface area contributed by atoms with E-state index in [1.54, 1.807) is 0 Å². The molecule has 3 heteroatoms. The van der Waals surface area contributed by atoms with Crippen LogP contribution in [0.25, 0.3) is 0 Å². The van der Waals surface area contributed by atoms with E-state index in [1.165, 1.54) is 51.9 Å². The van der Waals surface area contributed by atoms with Crippen LogP contribution in [0.2, 0.25) is 0 Å². The van der Waals surface area contributed by atoms with E-state index in [-0.39, 0.29) is 0 Å². The van der Waals surface area contributed by atoms with E-state index < -0.39 is 0 Å². The zero-order valence-electron chi connectivity index (χ0n) is 13.4. The van der Waals surface area contributed by atoms with Crippen LogP contribution < -0.4 is 5.32 Å². The number of nitrogens with zero attached hydrogens (tertiary/aromatic N) is 2. The predicted molar refractivity (Wildman–Crippen MR) is 82.5 cm³/mol. The van der Waals surface area contributed by atoms with Crippen LogP contribution in [0.15, 0.2) is 0 Å². The van der Waals surface area contributed by atoms with Gasteiger partial charge in [-0.05, 0) is 52.1 Å². The summed E-state index contributed by atoms with van der Waals surface area (Å²) < 4.78 is 0. The summed E-state index contributed by atoms with van der Waals surface area (Å²) in [7, 11) is 4.41. The topological polar surface area (TPSA) is 18.5 Å². The van der Waals surface area contributed by atoms with Gasteiger partial charge in [0.05, 0.1) is 0 Å². The van der Waals surface area contributed by atoms with Gasteiger partial charge in [-0.1, -0.05) is 13.3 Å². The first-order valence-corrected chi connectivity index (χ1v) is 8.23. The summed E-state index contributed by atoms with van der Waals surface area (Å²) in [4.78, 5) is 5.19. The number of hydrogen-bond donors (Lipinski definition) is 1. The van der Waals surface area contributed by atoms with E-state index in [2.05, 4.69) is 43.1 Å². The Morgan fingerprint density at radius 2 is 2.00 bits per heavy atom. The van der Waals surface area contributed by atoms with Crippen LogP contribution in [0.3, 0.4) is 0 Å². The van der Waals surface area contributed by atoms with Crippen molar-refractivity contribution < 1.29 is 0 Å². The fourth-order valence-electron chi connectivity index (χ4n) is 3.94. The van der Waals surface area contributed by atoms with Crippen molar-refractivity contribution >= 4 is 0 Å². The normalized spacial score (nSPS) is 38.5. The summed E-state index contributed by atoms with van der Waals surface area (Å²) in [5.41, 5.74) is 0. The molecule has 19 heavy (non-hydrogen) atoms. The third-order valence-corrected chi connectivity index (χ3v) is 5.58. The maximum absolute atomic E-state index is 3.57. The molecule has 4 unspecified atom stereocenters. The van der Waals surface area contributed by atoms with Crippen LogP contribution in [0.1, 0.15) is 39.5 Å². The maximum Gasteiger partial charge on any atom is 0.0192 e. The zero-order valence-corrected chi connectivity index (χ0v) is 13.4. The van der Waals surface area contributed by atoms with Crippen LogP contribution >= 0.6 is 0 Å². The average molecular weight is 267 g/mol. The number of nitrogens with one attached hydrogen (secondary N) is 1.